The van der Waals surface area contributed by atoms with Crippen LogP contribution in [0.15, 0.2) is 6.20 Å². The fourth-order valence-electron chi connectivity index (χ4n) is 3.19. The van der Waals surface area contributed by atoms with Crippen molar-refractivity contribution in [2.75, 3.05) is 6.54 Å². The number of nitrogens with two attached hydrogens (primary N) is 1. The summed E-state index contributed by atoms with van der Waals surface area (Å²) in [6.07, 6.45) is 6.57. The van der Waals surface area contributed by atoms with E-state index < -0.39 is 0 Å². The lowest BCUT2D eigenvalue weighted by Gasteiger charge is -2.34. The van der Waals surface area contributed by atoms with Gasteiger partial charge in [0.2, 0.25) is 0 Å². The Hall–Kier alpha value is -0.540. The van der Waals surface area contributed by atoms with E-state index in [9.17, 15) is 0 Å². The van der Waals surface area contributed by atoms with Crippen LogP contribution in [0, 0.1) is 11.8 Å². The summed E-state index contributed by atoms with van der Waals surface area (Å²) in [7, 11) is 0. The van der Waals surface area contributed by atoms with Crippen LogP contribution in [0.25, 0.3) is 0 Å². The molecule has 1 saturated carbocycles. The largest absolute Gasteiger partial charge is 0.330 e. The summed E-state index contributed by atoms with van der Waals surface area (Å²) in [6, 6.07) is 0. The Morgan fingerprint density at radius 1 is 1.50 bits per heavy atom. The van der Waals surface area contributed by atoms with E-state index in [-0.39, 0.29) is 0 Å². The van der Waals surface area contributed by atoms with Crippen LogP contribution in [-0.4, -0.2) is 16.3 Å². The van der Waals surface area contributed by atoms with Crippen molar-refractivity contribution in [2.24, 2.45) is 17.6 Å². The first-order valence-electron chi connectivity index (χ1n) is 7.08. The van der Waals surface area contributed by atoms with E-state index >= 15 is 0 Å². The zero-order valence-corrected chi connectivity index (χ0v) is 12.2. The minimum atomic E-state index is 0.486. The molecule has 102 valence electrons. The standard InChI is InChI=1S/C14H24ClN3/c1-3-6-18-14(13(15)9-17-18)12-7-10(2)4-5-11(12)8-16/h9-12H,3-8,16H2,1-2H3. The summed E-state index contributed by atoms with van der Waals surface area (Å²) < 4.78 is 2.09. The topological polar surface area (TPSA) is 43.8 Å². The van der Waals surface area contributed by atoms with Gasteiger partial charge in [-0.05, 0) is 37.6 Å². The number of halogens is 1. The smallest absolute Gasteiger partial charge is 0.0820 e. The normalized spacial score (nSPS) is 28.6. The van der Waals surface area contributed by atoms with Crippen molar-refractivity contribution >= 4 is 11.6 Å². The third kappa shape index (κ3) is 2.72. The first kappa shape index (κ1) is 13.9. The monoisotopic (exact) mass is 269 g/mol. The van der Waals surface area contributed by atoms with Crippen LogP contribution < -0.4 is 5.73 Å². The third-order valence-corrected chi connectivity index (χ3v) is 4.47. The molecule has 4 heteroatoms. The molecule has 1 aliphatic rings. The summed E-state index contributed by atoms with van der Waals surface area (Å²) in [4.78, 5) is 0. The van der Waals surface area contributed by atoms with Crippen LogP contribution in [0.5, 0.6) is 0 Å². The summed E-state index contributed by atoms with van der Waals surface area (Å²) in [6.45, 7) is 6.20. The van der Waals surface area contributed by atoms with Gasteiger partial charge in [0.25, 0.3) is 0 Å². The van der Waals surface area contributed by atoms with Crippen molar-refractivity contribution in [3.05, 3.63) is 16.9 Å². The first-order valence-corrected chi connectivity index (χ1v) is 7.46. The molecule has 0 aliphatic heterocycles. The van der Waals surface area contributed by atoms with E-state index in [1.165, 1.54) is 25.0 Å². The van der Waals surface area contributed by atoms with Gasteiger partial charge >= 0.3 is 0 Å². The molecule has 1 aromatic rings. The summed E-state index contributed by atoms with van der Waals surface area (Å²) >= 11 is 6.36. The lowest BCUT2D eigenvalue weighted by atomic mass is 9.73. The molecule has 1 aromatic heterocycles. The summed E-state index contributed by atoms with van der Waals surface area (Å²) in [5, 5.41) is 5.24. The van der Waals surface area contributed by atoms with Crippen molar-refractivity contribution < 1.29 is 0 Å². The number of hydrogen-bond donors (Lipinski definition) is 1. The average Bonchev–Trinajstić information content (AvgIpc) is 2.71. The number of rotatable bonds is 4. The minimum absolute atomic E-state index is 0.486. The van der Waals surface area contributed by atoms with Crippen molar-refractivity contribution in [3.63, 3.8) is 0 Å². The maximum atomic E-state index is 6.36. The minimum Gasteiger partial charge on any atom is -0.330 e. The predicted molar refractivity (Wildman–Crippen MR) is 75.8 cm³/mol. The zero-order chi connectivity index (χ0) is 13.1. The molecule has 3 unspecified atom stereocenters. The second-order valence-corrected chi connectivity index (χ2v) is 6.03. The molecule has 0 bridgehead atoms. The highest BCUT2D eigenvalue weighted by atomic mass is 35.5. The van der Waals surface area contributed by atoms with Crippen LogP contribution in [0.1, 0.15) is 51.1 Å². The molecule has 18 heavy (non-hydrogen) atoms. The van der Waals surface area contributed by atoms with Crippen molar-refractivity contribution in [1.82, 2.24) is 9.78 Å². The van der Waals surface area contributed by atoms with Gasteiger partial charge in [-0.25, -0.2) is 0 Å². The first-order chi connectivity index (χ1) is 8.67. The molecule has 1 heterocycles. The number of aryl methyl sites for hydroxylation is 1. The maximum absolute atomic E-state index is 6.36. The molecule has 3 nitrogen and oxygen atoms in total. The second kappa shape index (κ2) is 6.07. The molecule has 2 rings (SSSR count). The number of aromatic nitrogens is 2. The average molecular weight is 270 g/mol. The fraction of sp³-hybridized carbons (Fsp3) is 0.786. The Kier molecular flexibility index (Phi) is 4.68. The molecule has 0 radical (unpaired) electrons. The number of hydrogen-bond acceptors (Lipinski definition) is 2. The van der Waals surface area contributed by atoms with E-state index in [0.29, 0.717) is 11.8 Å². The van der Waals surface area contributed by atoms with E-state index in [4.69, 9.17) is 17.3 Å². The van der Waals surface area contributed by atoms with Gasteiger partial charge in [-0.15, -0.1) is 0 Å². The maximum Gasteiger partial charge on any atom is 0.0820 e. The highest BCUT2D eigenvalue weighted by Crippen LogP contribution is 2.42. The Labute approximate surface area is 115 Å². The van der Waals surface area contributed by atoms with Gasteiger partial charge in [0, 0.05) is 12.5 Å². The van der Waals surface area contributed by atoms with Gasteiger partial charge in [-0.1, -0.05) is 31.9 Å². The van der Waals surface area contributed by atoms with Gasteiger partial charge in [0.1, 0.15) is 0 Å². The molecule has 0 aromatic carbocycles. The van der Waals surface area contributed by atoms with Crippen LogP contribution in [0.2, 0.25) is 5.02 Å². The van der Waals surface area contributed by atoms with Gasteiger partial charge in [-0.3, -0.25) is 4.68 Å². The highest BCUT2D eigenvalue weighted by Gasteiger charge is 2.32. The van der Waals surface area contributed by atoms with Crippen LogP contribution in [-0.2, 0) is 6.54 Å². The summed E-state index contributed by atoms with van der Waals surface area (Å²) in [5.41, 5.74) is 7.17. The molecule has 0 saturated heterocycles. The van der Waals surface area contributed by atoms with Gasteiger partial charge in [0.15, 0.2) is 0 Å². The molecular formula is C14H24ClN3. The molecular weight excluding hydrogens is 246 g/mol. The van der Waals surface area contributed by atoms with Crippen molar-refractivity contribution in [2.45, 2.75) is 52.0 Å². The van der Waals surface area contributed by atoms with Crippen molar-refractivity contribution in [1.29, 1.82) is 0 Å². The Morgan fingerprint density at radius 2 is 2.28 bits per heavy atom. The van der Waals surface area contributed by atoms with Gasteiger partial charge in [-0.2, -0.15) is 5.10 Å². The second-order valence-electron chi connectivity index (χ2n) is 5.62. The highest BCUT2D eigenvalue weighted by molar-refractivity contribution is 6.31. The molecule has 3 atom stereocenters. The lowest BCUT2D eigenvalue weighted by Crippen LogP contribution is -2.30. The Morgan fingerprint density at radius 3 is 2.94 bits per heavy atom. The van der Waals surface area contributed by atoms with E-state index in [2.05, 4.69) is 23.6 Å². The Balaban J connectivity index is 2.29. The quantitative estimate of drug-likeness (QED) is 0.910. The molecule has 2 N–H and O–H groups in total. The molecule has 1 fully saturated rings. The van der Waals surface area contributed by atoms with Crippen molar-refractivity contribution in [3.8, 4) is 0 Å². The molecule has 1 aliphatic carbocycles. The summed E-state index contributed by atoms with van der Waals surface area (Å²) in [5.74, 6) is 1.81. The number of nitrogens with zero attached hydrogens (tertiary/aromatic N) is 2. The van der Waals surface area contributed by atoms with Crippen LogP contribution in [0.3, 0.4) is 0 Å². The third-order valence-electron chi connectivity index (χ3n) is 4.18. The fourth-order valence-corrected chi connectivity index (χ4v) is 3.47. The van der Waals surface area contributed by atoms with Crippen LogP contribution >= 0.6 is 11.6 Å². The van der Waals surface area contributed by atoms with Gasteiger partial charge in [0.05, 0.1) is 16.9 Å². The molecule has 0 amide bonds. The predicted octanol–water partition coefficient (Wildman–Crippen LogP) is 3.43. The molecule has 0 spiro atoms. The van der Waals surface area contributed by atoms with E-state index in [1.54, 1.807) is 6.20 Å². The van der Waals surface area contributed by atoms with Gasteiger partial charge < -0.3 is 5.73 Å². The Bertz CT molecular complexity index is 388. The van der Waals surface area contributed by atoms with E-state index in [0.717, 1.165) is 30.5 Å². The SMILES string of the molecule is CCCn1ncc(Cl)c1C1CC(C)CCC1CN. The van der Waals surface area contributed by atoms with Crippen LogP contribution in [0.4, 0.5) is 0 Å². The zero-order valence-electron chi connectivity index (χ0n) is 11.4. The van der Waals surface area contributed by atoms with E-state index in [1.807, 2.05) is 0 Å². The lowest BCUT2D eigenvalue weighted by molar-refractivity contribution is 0.243.